The molecule has 2 aliphatic rings. The minimum absolute atomic E-state index is 0.0938. The molecule has 2 aromatic carbocycles. The van der Waals surface area contributed by atoms with Gasteiger partial charge in [0.25, 0.3) is 5.91 Å². The second-order valence-corrected chi connectivity index (χ2v) is 14.1. The van der Waals surface area contributed by atoms with Crippen molar-refractivity contribution < 1.29 is 14.3 Å². The van der Waals surface area contributed by atoms with Crippen LogP contribution in [0.25, 0.3) is 21.8 Å². The van der Waals surface area contributed by atoms with E-state index in [0.717, 1.165) is 66.3 Å². The summed E-state index contributed by atoms with van der Waals surface area (Å²) < 4.78 is 9.25. The third-order valence-electron chi connectivity index (χ3n) is 8.79. The molecule has 1 saturated carbocycles. The lowest BCUT2D eigenvalue weighted by atomic mass is 10.0. The van der Waals surface area contributed by atoms with E-state index in [4.69, 9.17) is 21.4 Å². The molecule has 2 N–H and O–H groups in total. The molecule has 5 aromatic rings. The Morgan fingerprint density at radius 1 is 0.980 bits per heavy atom. The first-order chi connectivity index (χ1) is 23.4. The lowest BCUT2D eigenvalue weighted by Crippen LogP contribution is -2.50. The van der Waals surface area contributed by atoms with Crippen LogP contribution in [0.5, 0.6) is 0 Å². The molecular weight excluding hydrogens is 646 g/mol. The number of halogens is 1. The Labute approximate surface area is 288 Å². The number of carbonyl (C=O) groups is 2. The quantitative estimate of drug-likeness (QED) is 0.214. The van der Waals surface area contributed by atoms with E-state index < -0.39 is 5.60 Å². The summed E-state index contributed by atoms with van der Waals surface area (Å²) in [5.41, 5.74) is 3.86. The topological polar surface area (TPSA) is 148 Å². The Bertz CT molecular complexity index is 2040. The zero-order valence-corrected chi connectivity index (χ0v) is 29.0. The van der Waals surface area contributed by atoms with Crippen molar-refractivity contribution >= 4 is 62.7 Å². The number of amides is 2. The lowest BCUT2D eigenvalue weighted by Gasteiger charge is -2.40. The molecule has 2 fully saturated rings. The molecule has 256 valence electrons. The smallest absolute Gasteiger partial charge is 0.410 e. The molecule has 15 heteroatoms. The Hall–Kier alpha value is -4.98. The summed E-state index contributed by atoms with van der Waals surface area (Å²) in [6, 6.07) is 8.05. The molecule has 0 radical (unpaired) electrons. The molecule has 3 aromatic heterocycles. The summed E-state index contributed by atoms with van der Waals surface area (Å²) in [6.45, 7) is 7.65. The van der Waals surface area contributed by atoms with Gasteiger partial charge in [0, 0.05) is 85.9 Å². The predicted octanol–water partition coefficient (Wildman–Crippen LogP) is 5.53. The molecule has 0 atom stereocenters. The fourth-order valence-electron chi connectivity index (χ4n) is 6.58. The van der Waals surface area contributed by atoms with Gasteiger partial charge in [-0.3, -0.25) is 14.2 Å². The van der Waals surface area contributed by atoms with E-state index in [1.54, 1.807) is 9.36 Å². The largest absolute Gasteiger partial charge is 0.444 e. The molecule has 4 heterocycles. The van der Waals surface area contributed by atoms with Crippen LogP contribution in [0.1, 0.15) is 62.4 Å². The molecule has 14 nitrogen and oxygen atoms in total. The number of carbonyl (C=O) groups excluding carboxylic acids is 2. The van der Waals surface area contributed by atoms with Gasteiger partial charge in [0.05, 0.1) is 11.1 Å². The second kappa shape index (κ2) is 12.8. The van der Waals surface area contributed by atoms with Crippen molar-refractivity contribution in [2.24, 2.45) is 14.1 Å². The Morgan fingerprint density at radius 3 is 2.41 bits per heavy atom. The highest BCUT2D eigenvalue weighted by molar-refractivity contribution is 6.28. The Balaban J connectivity index is 1.09. The van der Waals surface area contributed by atoms with Gasteiger partial charge in [0.1, 0.15) is 17.4 Å². The molecule has 0 spiro atoms. The van der Waals surface area contributed by atoms with Crippen LogP contribution in [0, 0.1) is 0 Å². The Morgan fingerprint density at radius 2 is 1.69 bits per heavy atom. The fourth-order valence-corrected chi connectivity index (χ4v) is 6.71. The third kappa shape index (κ3) is 7.09. The number of anilines is 3. The van der Waals surface area contributed by atoms with Crippen molar-refractivity contribution in [1.29, 1.82) is 0 Å². The van der Waals surface area contributed by atoms with Gasteiger partial charge in [-0.1, -0.05) is 0 Å². The van der Waals surface area contributed by atoms with E-state index in [1.165, 1.54) is 6.33 Å². The molecule has 0 unspecified atom stereocenters. The first-order valence-electron chi connectivity index (χ1n) is 16.5. The number of benzene rings is 2. The van der Waals surface area contributed by atoms with E-state index in [2.05, 4.69) is 35.6 Å². The number of piperidine rings is 1. The summed E-state index contributed by atoms with van der Waals surface area (Å²) in [7, 11) is 3.72. The SMILES string of the molecule is Cn1cc2cc(NC(=O)c3ccc(N4CCC(N(C(=O)OC(C)(C)C)C5CC5)CC4)c4cn(C)nc34)cc(CNc3ncnc(Cl)n3)c2n1. The molecule has 1 aliphatic carbocycles. The average molecular weight is 686 g/mol. The van der Waals surface area contributed by atoms with Crippen molar-refractivity contribution in [3.8, 4) is 0 Å². The van der Waals surface area contributed by atoms with Gasteiger partial charge in [-0.05, 0) is 82.3 Å². The molecule has 0 bridgehead atoms. The van der Waals surface area contributed by atoms with Crippen LogP contribution in [-0.2, 0) is 25.4 Å². The van der Waals surface area contributed by atoms with Crippen molar-refractivity contribution in [3.63, 3.8) is 0 Å². The summed E-state index contributed by atoms with van der Waals surface area (Å²) in [6.07, 6.45) is 8.74. The third-order valence-corrected chi connectivity index (χ3v) is 8.98. The van der Waals surface area contributed by atoms with Crippen LogP contribution in [0.2, 0.25) is 5.28 Å². The highest BCUT2D eigenvalue weighted by Gasteiger charge is 2.41. The van der Waals surface area contributed by atoms with Gasteiger partial charge in [-0.25, -0.2) is 14.8 Å². The van der Waals surface area contributed by atoms with E-state index >= 15 is 0 Å². The molecule has 7 rings (SSSR count). The lowest BCUT2D eigenvalue weighted by molar-refractivity contribution is 0.0114. The molecular formula is C34H40ClN11O3. The molecule has 1 saturated heterocycles. The van der Waals surface area contributed by atoms with Gasteiger partial charge >= 0.3 is 6.09 Å². The summed E-state index contributed by atoms with van der Waals surface area (Å²) in [5.74, 6) is 0.0708. The van der Waals surface area contributed by atoms with Gasteiger partial charge < -0.3 is 25.2 Å². The number of ether oxygens (including phenoxy) is 1. The zero-order valence-electron chi connectivity index (χ0n) is 28.3. The van der Waals surface area contributed by atoms with Crippen molar-refractivity contribution in [2.75, 3.05) is 28.6 Å². The number of fused-ring (bicyclic) bond motifs is 2. The van der Waals surface area contributed by atoms with Crippen LogP contribution in [0.15, 0.2) is 43.0 Å². The number of hydrogen-bond donors (Lipinski definition) is 2. The van der Waals surface area contributed by atoms with Crippen molar-refractivity contribution in [2.45, 2.75) is 70.7 Å². The van der Waals surface area contributed by atoms with E-state index in [0.29, 0.717) is 29.3 Å². The minimum Gasteiger partial charge on any atom is -0.444 e. The molecule has 1 aliphatic heterocycles. The Kier molecular flexibility index (Phi) is 8.51. The second-order valence-electron chi connectivity index (χ2n) is 13.8. The minimum atomic E-state index is -0.527. The number of aromatic nitrogens is 7. The zero-order chi connectivity index (χ0) is 34.4. The van der Waals surface area contributed by atoms with E-state index in [9.17, 15) is 9.59 Å². The van der Waals surface area contributed by atoms with Crippen LogP contribution in [0.4, 0.5) is 22.1 Å². The van der Waals surface area contributed by atoms with E-state index in [1.807, 2.05) is 76.4 Å². The van der Waals surface area contributed by atoms with Crippen LogP contribution in [-0.4, -0.2) is 82.2 Å². The normalized spacial score (nSPS) is 15.5. The van der Waals surface area contributed by atoms with Crippen molar-refractivity contribution in [3.05, 3.63) is 59.4 Å². The maximum absolute atomic E-state index is 13.8. The number of nitrogens with one attached hydrogen (secondary N) is 2. The van der Waals surface area contributed by atoms with Crippen LogP contribution >= 0.6 is 11.6 Å². The van der Waals surface area contributed by atoms with Gasteiger partial charge in [-0.2, -0.15) is 15.2 Å². The summed E-state index contributed by atoms with van der Waals surface area (Å²) in [4.78, 5) is 43.3. The monoisotopic (exact) mass is 685 g/mol. The van der Waals surface area contributed by atoms with Gasteiger partial charge in [0.2, 0.25) is 11.2 Å². The first-order valence-corrected chi connectivity index (χ1v) is 16.9. The molecule has 49 heavy (non-hydrogen) atoms. The summed E-state index contributed by atoms with van der Waals surface area (Å²) >= 11 is 5.93. The van der Waals surface area contributed by atoms with Crippen LogP contribution < -0.4 is 15.5 Å². The highest BCUT2D eigenvalue weighted by atomic mass is 35.5. The maximum Gasteiger partial charge on any atom is 0.410 e. The van der Waals surface area contributed by atoms with Gasteiger partial charge in [-0.15, -0.1) is 0 Å². The number of nitrogens with zero attached hydrogens (tertiary/aromatic N) is 9. The van der Waals surface area contributed by atoms with Crippen molar-refractivity contribution in [1.82, 2.24) is 39.4 Å². The van der Waals surface area contributed by atoms with E-state index in [-0.39, 0.29) is 29.4 Å². The average Bonchev–Trinajstić information content (AvgIpc) is 3.67. The number of aryl methyl sites for hydroxylation is 2. The van der Waals surface area contributed by atoms with Crippen LogP contribution in [0.3, 0.4) is 0 Å². The highest BCUT2D eigenvalue weighted by Crippen LogP contribution is 2.36. The summed E-state index contributed by atoms with van der Waals surface area (Å²) in [5, 5.41) is 17.4. The predicted molar refractivity (Wildman–Crippen MR) is 188 cm³/mol. The standard InChI is InChI=1S/C34H40ClN11O3/c1-34(2,3)49-33(48)46(23-6-7-23)24-10-12-45(13-11-24)27-9-8-25(29-26(27)18-44(5)42-29)30(47)39-22-14-20(28-21(15-22)17-43(4)41-28)16-36-32-38-19-37-31(35)40-32/h8-9,14-15,17-19,23-24H,6-7,10-13,16H2,1-5H3,(H,39,47)(H,36,37,38,40). The maximum atomic E-state index is 13.8. The fraction of sp³-hybridized carbons (Fsp3) is 0.441. The number of hydrogen-bond acceptors (Lipinski definition) is 10. The number of rotatable bonds is 8. The first kappa shape index (κ1) is 32.6. The van der Waals surface area contributed by atoms with Gasteiger partial charge in [0.15, 0.2) is 0 Å². The molecule has 2 amide bonds.